The van der Waals surface area contributed by atoms with Gasteiger partial charge in [0.2, 0.25) is 0 Å². The summed E-state index contributed by atoms with van der Waals surface area (Å²) in [6.07, 6.45) is 8.79. The number of aliphatic imine (C=N–C) groups is 1. The maximum absolute atomic E-state index is 5.77. The zero-order valence-corrected chi connectivity index (χ0v) is 18.1. The van der Waals surface area contributed by atoms with Crippen LogP contribution in [0.4, 0.5) is 0 Å². The highest BCUT2D eigenvalue weighted by Crippen LogP contribution is 2.13. The number of hydrogen-bond acceptors (Lipinski definition) is 3. The van der Waals surface area contributed by atoms with Gasteiger partial charge in [-0.05, 0) is 31.6 Å². The summed E-state index contributed by atoms with van der Waals surface area (Å²) in [5, 5.41) is 6.85. The Morgan fingerprint density at radius 2 is 2.04 bits per heavy atom. The van der Waals surface area contributed by atoms with E-state index in [1.807, 2.05) is 7.05 Å². The Bertz CT molecular complexity index is 311. The molecule has 2 unspecified atom stereocenters. The Hall–Kier alpha value is -0.0800. The van der Waals surface area contributed by atoms with Gasteiger partial charge in [-0.2, -0.15) is 0 Å². The first-order chi connectivity index (χ1) is 11.3. The first-order valence-corrected chi connectivity index (χ1v) is 9.44. The molecule has 1 saturated heterocycles. The lowest BCUT2D eigenvalue weighted by atomic mass is 9.97. The van der Waals surface area contributed by atoms with Crippen molar-refractivity contribution in [3.05, 3.63) is 0 Å². The van der Waals surface area contributed by atoms with Gasteiger partial charge < -0.3 is 20.1 Å². The van der Waals surface area contributed by atoms with Crippen LogP contribution in [0.1, 0.15) is 58.8 Å². The minimum Gasteiger partial charge on any atom is -0.379 e. The van der Waals surface area contributed by atoms with Gasteiger partial charge in [0, 0.05) is 33.4 Å². The summed E-state index contributed by atoms with van der Waals surface area (Å²) in [5.74, 6) is 1.66. The molecule has 1 aliphatic rings. The van der Waals surface area contributed by atoms with Crippen molar-refractivity contribution in [3.8, 4) is 0 Å². The van der Waals surface area contributed by atoms with Crippen LogP contribution in [-0.2, 0) is 9.47 Å². The third-order valence-electron chi connectivity index (χ3n) is 4.30. The molecule has 2 atom stereocenters. The second-order valence-corrected chi connectivity index (χ2v) is 6.39. The average molecular weight is 455 g/mol. The van der Waals surface area contributed by atoms with Crippen molar-refractivity contribution in [2.75, 3.05) is 40.0 Å². The third-order valence-corrected chi connectivity index (χ3v) is 4.30. The minimum atomic E-state index is 0. The molecule has 24 heavy (non-hydrogen) atoms. The molecule has 6 heteroatoms. The van der Waals surface area contributed by atoms with E-state index in [-0.39, 0.29) is 24.0 Å². The second-order valence-electron chi connectivity index (χ2n) is 6.39. The monoisotopic (exact) mass is 455 g/mol. The van der Waals surface area contributed by atoms with E-state index in [9.17, 15) is 0 Å². The Labute approximate surface area is 165 Å². The number of hydrogen-bond donors (Lipinski definition) is 2. The molecule has 0 bridgehead atoms. The number of ether oxygens (including phenoxy) is 2. The normalized spacial score (nSPS) is 19.0. The van der Waals surface area contributed by atoms with Crippen LogP contribution >= 0.6 is 24.0 Å². The van der Waals surface area contributed by atoms with E-state index in [0.717, 1.165) is 57.6 Å². The smallest absolute Gasteiger partial charge is 0.190 e. The molecular formula is C18H38IN3O2. The number of nitrogens with zero attached hydrogens (tertiary/aromatic N) is 1. The van der Waals surface area contributed by atoms with Crippen LogP contribution in [0.3, 0.4) is 0 Å². The third kappa shape index (κ3) is 11.5. The van der Waals surface area contributed by atoms with E-state index in [4.69, 9.17) is 9.47 Å². The summed E-state index contributed by atoms with van der Waals surface area (Å²) < 4.78 is 11.1. The summed E-state index contributed by atoms with van der Waals surface area (Å²) in [4.78, 5) is 4.31. The predicted molar refractivity (Wildman–Crippen MR) is 112 cm³/mol. The maximum atomic E-state index is 5.77. The topological polar surface area (TPSA) is 54.9 Å². The molecule has 1 aliphatic heterocycles. The molecule has 2 N–H and O–H groups in total. The number of nitrogens with one attached hydrogen (secondary N) is 2. The largest absolute Gasteiger partial charge is 0.379 e. The Morgan fingerprint density at radius 1 is 1.21 bits per heavy atom. The van der Waals surface area contributed by atoms with Gasteiger partial charge in [-0.1, -0.05) is 33.1 Å². The lowest BCUT2D eigenvalue weighted by Gasteiger charge is -2.19. The van der Waals surface area contributed by atoms with Crippen LogP contribution in [0.25, 0.3) is 0 Å². The standard InChI is InChI=1S/C18H37N3O2.HI/c1-4-6-9-16(8-5-2)14-21-18(19-3)20-11-7-12-23-17-10-13-22-15-17;/h16-17H,4-15H2,1-3H3,(H2,19,20,21);1H. The SMILES string of the molecule is CCCCC(CCC)CNC(=NC)NCCCOC1CCOC1.I. The molecule has 0 aromatic carbocycles. The van der Waals surface area contributed by atoms with Crippen LogP contribution in [0.2, 0.25) is 0 Å². The zero-order valence-electron chi connectivity index (χ0n) is 15.8. The molecule has 0 aliphatic carbocycles. The van der Waals surface area contributed by atoms with Gasteiger partial charge in [0.05, 0.1) is 12.7 Å². The zero-order chi connectivity index (χ0) is 16.8. The maximum Gasteiger partial charge on any atom is 0.190 e. The average Bonchev–Trinajstić information content (AvgIpc) is 3.08. The number of rotatable bonds is 12. The van der Waals surface area contributed by atoms with Gasteiger partial charge in [0.15, 0.2) is 5.96 Å². The van der Waals surface area contributed by atoms with Crippen molar-refractivity contribution in [3.63, 3.8) is 0 Å². The molecule has 0 aromatic rings. The fourth-order valence-electron chi connectivity index (χ4n) is 2.88. The van der Waals surface area contributed by atoms with E-state index >= 15 is 0 Å². The van der Waals surface area contributed by atoms with Gasteiger partial charge in [0.1, 0.15) is 0 Å². The molecule has 5 nitrogen and oxygen atoms in total. The molecule has 0 saturated carbocycles. The van der Waals surface area contributed by atoms with Crippen molar-refractivity contribution < 1.29 is 9.47 Å². The molecule has 1 heterocycles. The Balaban J connectivity index is 0.00000529. The lowest BCUT2D eigenvalue weighted by molar-refractivity contribution is 0.0420. The highest BCUT2D eigenvalue weighted by Gasteiger charge is 2.15. The second kappa shape index (κ2) is 16.4. The molecule has 0 radical (unpaired) electrons. The van der Waals surface area contributed by atoms with E-state index in [0.29, 0.717) is 6.10 Å². The molecule has 0 spiro atoms. The Morgan fingerprint density at radius 3 is 2.67 bits per heavy atom. The van der Waals surface area contributed by atoms with Gasteiger partial charge in [0.25, 0.3) is 0 Å². The summed E-state index contributed by atoms with van der Waals surface area (Å²) >= 11 is 0. The van der Waals surface area contributed by atoms with Crippen molar-refractivity contribution in [2.24, 2.45) is 10.9 Å². The number of halogens is 1. The summed E-state index contributed by atoms with van der Waals surface area (Å²) in [6, 6.07) is 0. The van der Waals surface area contributed by atoms with Gasteiger partial charge in [-0.15, -0.1) is 24.0 Å². The van der Waals surface area contributed by atoms with Crippen LogP contribution in [0.5, 0.6) is 0 Å². The van der Waals surface area contributed by atoms with E-state index in [1.165, 1.54) is 32.1 Å². The van der Waals surface area contributed by atoms with E-state index in [1.54, 1.807) is 0 Å². The summed E-state index contributed by atoms with van der Waals surface area (Å²) in [6.45, 7) is 8.82. The van der Waals surface area contributed by atoms with Gasteiger partial charge in [-0.25, -0.2) is 0 Å². The van der Waals surface area contributed by atoms with Crippen molar-refractivity contribution >= 4 is 29.9 Å². The quantitative estimate of drug-likeness (QED) is 0.205. The molecule has 144 valence electrons. The number of unbranched alkanes of at least 4 members (excludes halogenated alkanes) is 1. The van der Waals surface area contributed by atoms with Crippen molar-refractivity contribution in [2.45, 2.75) is 64.9 Å². The van der Waals surface area contributed by atoms with Gasteiger partial charge >= 0.3 is 0 Å². The van der Waals surface area contributed by atoms with Crippen molar-refractivity contribution in [1.29, 1.82) is 0 Å². The molecule has 0 aromatic heterocycles. The predicted octanol–water partition coefficient (Wildman–Crippen LogP) is 3.57. The van der Waals surface area contributed by atoms with Crippen molar-refractivity contribution in [1.82, 2.24) is 10.6 Å². The molecule has 1 rings (SSSR count). The minimum absolute atomic E-state index is 0. The molecule has 0 amide bonds. The first kappa shape index (κ1) is 23.9. The lowest BCUT2D eigenvalue weighted by Crippen LogP contribution is -2.40. The Kier molecular flexibility index (Phi) is 16.3. The van der Waals surface area contributed by atoms with Crippen LogP contribution in [0, 0.1) is 5.92 Å². The van der Waals surface area contributed by atoms with Gasteiger partial charge in [-0.3, -0.25) is 4.99 Å². The highest BCUT2D eigenvalue weighted by molar-refractivity contribution is 14.0. The molecular weight excluding hydrogens is 417 g/mol. The summed E-state index contributed by atoms with van der Waals surface area (Å²) in [7, 11) is 1.84. The summed E-state index contributed by atoms with van der Waals surface area (Å²) in [5.41, 5.74) is 0. The molecule has 1 fully saturated rings. The fourth-order valence-corrected chi connectivity index (χ4v) is 2.88. The van der Waals surface area contributed by atoms with Crippen LogP contribution in [0.15, 0.2) is 4.99 Å². The van der Waals surface area contributed by atoms with E-state index in [2.05, 4.69) is 29.5 Å². The van der Waals surface area contributed by atoms with E-state index < -0.39 is 0 Å². The van der Waals surface area contributed by atoms with Crippen LogP contribution in [-0.4, -0.2) is 52.0 Å². The highest BCUT2D eigenvalue weighted by atomic mass is 127. The fraction of sp³-hybridized carbons (Fsp3) is 0.944. The first-order valence-electron chi connectivity index (χ1n) is 9.44. The number of guanidine groups is 1. The van der Waals surface area contributed by atoms with Crippen LogP contribution < -0.4 is 10.6 Å².